The van der Waals surface area contributed by atoms with Gasteiger partial charge in [0, 0.05) is 84.5 Å². The minimum absolute atomic E-state index is 0.0204. The highest BCUT2D eigenvalue weighted by Crippen LogP contribution is 2.50. The highest BCUT2D eigenvalue weighted by molar-refractivity contribution is 5.83. The molecule has 10 rings (SSSR count). The number of aromatic nitrogens is 4. The fourth-order valence-corrected chi connectivity index (χ4v) is 10.9. The maximum atomic E-state index is 12.6. The van der Waals surface area contributed by atoms with Crippen LogP contribution in [0.15, 0.2) is 97.3 Å². The van der Waals surface area contributed by atoms with Crippen LogP contribution in [0.3, 0.4) is 0 Å². The molecular weight excluding hydrogens is 881 g/mol. The highest BCUT2D eigenvalue weighted by Gasteiger charge is 2.49. The van der Waals surface area contributed by atoms with Crippen LogP contribution in [-0.4, -0.2) is 103 Å². The molecule has 2 aliphatic heterocycles. The number of nitrogens with zero attached hydrogens (tertiary/aromatic N) is 8. The van der Waals surface area contributed by atoms with Crippen molar-refractivity contribution in [3.63, 3.8) is 0 Å². The molecule has 2 atom stereocenters. The number of rotatable bonds is 12. The average Bonchev–Trinajstić information content (AvgIpc) is 4.10. The molecule has 70 heavy (non-hydrogen) atoms. The van der Waals surface area contributed by atoms with Gasteiger partial charge in [-0.3, -0.25) is 9.59 Å². The third-order valence-corrected chi connectivity index (χ3v) is 13.9. The Morgan fingerprint density at radius 1 is 0.629 bits per heavy atom. The van der Waals surface area contributed by atoms with Crippen molar-refractivity contribution in [1.29, 1.82) is 10.5 Å². The first-order valence-corrected chi connectivity index (χ1v) is 24.0. The van der Waals surface area contributed by atoms with Crippen LogP contribution in [0.4, 0.5) is 0 Å². The summed E-state index contributed by atoms with van der Waals surface area (Å²) in [6.07, 6.45) is 7.92. The van der Waals surface area contributed by atoms with Crippen molar-refractivity contribution in [2.24, 2.45) is 0 Å². The zero-order chi connectivity index (χ0) is 49.2. The second-order valence-corrected chi connectivity index (χ2v) is 19.2. The number of aliphatic hydroxyl groups excluding tert-OH is 2. The van der Waals surface area contributed by atoms with E-state index in [9.17, 15) is 30.3 Å². The van der Waals surface area contributed by atoms with Gasteiger partial charge in [-0.25, -0.2) is 19.9 Å². The summed E-state index contributed by atoms with van der Waals surface area (Å²) in [6, 6.07) is 31.5. The lowest BCUT2D eigenvalue weighted by atomic mass is 9.80. The third-order valence-electron chi connectivity index (χ3n) is 13.9. The number of aliphatic hydroxyl groups is 2. The van der Waals surface area contributed by atoms with Gasteiger partial charge in [0.15, 0.2) is 11.6 Å². The van der Waals surface area contributed by atoms with Crippen LogP contribution < -0.4 is 9.47 Å². The van der Waals surface area contributed by atoms with E-state index in [2.05, 4.69) is 34.2 Å². The van der Waals surface area contributed by atoms with E-state index in [0.29, 0.717) is 73.3 Å². The van der Waals surface area contributed by atoms with Crippen LogP contribution in [0.2, 0.25) is 0 Å². The third kappa shape index (κ3) is 9.20. The number of amides is 2. The summed E-state index contributed by atoms with van der Waals surface area (Å²) in [5, 5.41) is 37.9. The Morgan fingerprint density at radius 2 is 1.06 bits per heavy atom. The van der Waals surface area contributed by atoms with E-state index in [0.717, 1.165) is 59.3 Å². The Labute approximate surface area is 408 Å². The summed E-state index contributed by atoms with van der Waals surface area (Å²) < 4.78 is 11.5. The van der Waals surface area contributed by atoms with Crippen LogP contribution >= 0.6 is 0 Å². The number of hydrogen-bond acceptors (Lipinski definition) is 12. The molecule has 2 spiro atoms. The van der Waals surface area contributed by atoms with Gasteiger partial charge in [-0.15, -0.1) is 0 Å². The van der Waals surface area contributed by atoms with Crippen LogP contribution in [-0.2, 0) is 33.3 Å². The molecule has 2 saturated heterocycles. The van der Waals surface area contributed by atoms with Crippen molar-refractivity contribution in [2.75, 3.05) is 39.4 Å². The number of carbonyl (C=O) groups is 2. The lowest BCUT2D eigenvalue weighted by Crippen LogP contribution is -2.32. The number of fused-ring (bicyclic) bond motifs is 4. The summed E-state index contributed by atoms with van der Waals surface area (Å²) in [5.74, 6) is 2.60. The number of β-amino-alcohol motifs (C(OH)–C–C–N with tert-alkyl or cyclic N) is 2. The normalized spacial score (nSPS) is 18.8. The molecule has 2 fully saturated rings. The van der Waals surface area contributed by atoms with Crippen LogP contribution in [0.25, 0.3) is 45.3 Å². The molecular formula is C56H56N8O6. The van der Waals surface area contributed by atoms with E-state index in [4.69, 9.17) is 19.4 Å². The maximum Gasteiger partial charge on any atom is 0.223 e. The molecule has 6 aromatic rings. The number of benzene rings is 4. The molecule has 4 heterocycles. The SMILES string of the molecule is CC(C)Oc1ccc(-c2ccnc(-c3cccc4c3CC[C@@]43CC(=O)N(CCO)C3)n2)cc1C#N.CC(C)Oc1ccc(-c2ccnc(-c3cccc4c3CC[C@]43CC(=O)N(CCO)C3)n2)cc1C#N. The molecule has 4 aromatic carbocycles. The lowest BCUT2D eigenvalue weighted by molar-refractivity contribution is -0.128. The molecule has 2 aromatic heterocycles. The molecule has 14 nitrogen and oxygen atoms in total. The molecule has 356 valence electrons. The van der Waals surface area contributed by atoms with E-state index >= 15 is 0 Å². The number of carbonyl (C=O) groups excluding carboxylic acids is 2. The minimum Gasteiger partial charge on any atom is -0.490 e. The van der Waals surface area contributed by atoms with Crippen LogP contribution in [0, 0.1) is 22.7 Å². The Kier molecular flexibility index (Phi) is 13.5. The number of ether oxygens (including phenoxy) is 2. The number of hydrogen-bond donors (Lipinski definition) is 2. The Bertz CT molecular complexity index is 2860. The van der Waals surface area contributed by atoms with E-state index < -0.39 is 0 Å². The summed E-state index contributed by atoms with van der Waals surface area (Å²) in [4.78, 5) is 47.6. The standard InChI is InChI=1S/2C28H28N4O3/c2*1-18(2)35-25-7-6-19(14-20(25)16-29)24-9-11-30-27(31-24)22-4-3-5-23-21(22)8-10-28(23)15-26(34)32(17-28)12-13-33/h2*3-7,9,11,14,18,33H,8,10,12-13,15,17H2,1-2H3/t2*28-/m10/s1. The molecule has 0 saturated carbocycles. The average molecular weight is 937 g/mol. The van der Waals surface area contributed by atoms with E-state index in [-0.39, 0.29) is 48.1 Å². The molecule has 14 heteroatoms. The predicted molar refractivity (Wildman–Crippen MR) is 263 cm³/mol. The summed E-state index contributed by atoms with van der Waals surface area (Å²) in [6.45, 7) is 9.73. The molecule has 2 N–H and O–H groups in total. The quantitative estimate of drug-likeness (QED) is 0.121. The van der Waals surface area contributed by atoms with Gasteiger partial charge in [0.2, 0.25) is 11.8 Å². The van der Waals surface area contributed by atoms with E-state index in [1.165, 1.54) is 22.3 Å². The predicted octanol–water partition coefficient (Wildman–Crippen LogP) is 7.76. The zero-order valence-electron chi connectivity index (χ0n) is 40.0. The van der Waals surface area contributed by atoms with Crippen LogP contribution in [0.1, 0.15) is 86.8 Å². The number of nitriles is 2. The highest BCUT2D eigenvalue weighted by atomic mass is 16.5. The van der Waals surface area contributed by atoms with Crippen molar-refractivity contribution < 1.29 is 29.3 Å². The first-order valence-electron chi connectivity index (χ1n) is 24.0. The Balaban J connectivity index is 0.000000174. The van der Waals surface area contributed by atoms with Crippen LogP contribution in [0.5, 0.6) is 11.5 Å². The van der Waals surface area contributed by atoms with Crippen molar-refractivity contribution in [3.05, 3.63) is 131 Å². The van der Waals surface area contributed by atoms with Crippen molar-refractivity contribution in [1.82, 2.24) is 29.7 Å². The van der Waals surface area contributed by atoms with Gasteiger partial charge in [0.1, 0.15) is 23.6 Å². The van der Waals surface area contributed by atoms with Gasteiger partial charge in [-0.05, 0) is 124 Å². The largest absolute Gasteiger partial charge is 0.490 e. The number of likely N-dealkylation sites (tertiary alicyclic amines) is 2. The van der Waals surface area contributed by atoms with Crippen molar-refractivity contribution in [2.45, 2.75) is 89.3 Å². The minimum atomic E-state index is -0.205. The second-order valence-electron chi connectivity index (χ2n) is 19.2. The first-order chi connectivity index (χ1) is 33.9. The molecule has 2 amide bonds. The molecule has 0 unspecified atom stereocenters. The van der Waals surface area contributed by atoms with Gasteiger partial charge in [0.25, 0.3) is 0 Å². The summed E-state index contributed by atoms with van der Waals surface area (Å²) in [5.41, 5.74) is 10.4. The van der Waals surface area contributed by atoms with Gasteiger partial charge in [-0.1, -0.05) is 36.4 Å². The molecule has 0 bridgehead atoms. The van der Waals surface area contributed by atoms with Crippen molar-refractivity contribution in [3.8, 4) is 68.9 Å². The molecule has 4 aliphatic rings. The fraction of sp³-hybridized carbons (Fsp3) is 0.357. The zero-order valence-corrected chi connectivity index (χ0v) is 40.0. The molecule has 2 aliphatic carbocycles. The summed E-state index contributed by atoms with van der Waals surface area (Å²) >= 11 is 0. The monoisotopic (exact) mass is 936 g/mol. The first kappa shape index (κ1) is 47.5. The second kappa shape index (κ2) is 19.8. The maximum absolute atomic E-state index is 12.6. The van der Waals surface area contributed by atoms with E-state index in [1.807, 2.05) is 88.4 Å². The topological polar surface area (TPSA) is 199 Å². The lowest BCUT2D eigenvalue weighted by Gasteiger charge is -2.25. The van der Waals surface area contributed by atoms with Gasteiger partial charge in [-0.2, -0.15) is 10.5 Å². The molecule has 0 radical (unpaired) electrons. The van der Waals surface area contributed by atoms with Gasteiger partial charge >= 0.3 is 0 Å². The Hall–Kier alpha value is -7.52. The van der Waals surface area contributed by atoms with E-state index in [1.54, 1.807) is 34.3 Å². The van der Waals surface area contributed by atoms with Crippen molar-refractivity contribution >= 4 is 11.8 Å². The summed E-state index contributed by atoms with van der Waals surface area (Å²) in [7, 11) is 0. The van der Waals surface area contributed by atoms with Gasteiger partial charge in [0.05, 0.1) is 47.9 Å². The smallest absolute Gasteiger partial charge is 0.223 e. The van der Waals surface area contributed by atoms with Gasteiger partial charge < -0.3 is 29.5 Å². The fourth-order valence-electron chi connectivity index (χ4n) is 10.9. The Morgan fingerprint density at radius 3 is 1.44 bits per heavy atom.